The number of carbonyl (C=O) groups excluding carboxylic acids is 2. The molecule has 2 aliphatic heterocycles. The Bertz CT molecular complexity index is 531. The predicted molar refractivity (Wildman–Crippen MR) is 59.4 cm³/mol. The molecule has 0 saturated carbocycles. The van der Waals surface area contributed by atoms with E-state index in [9.17, 15) is 18.4 Å². The zero-order chi connectivity index (χ0) is 13.6. The molecule has 6 nitrogen and oxygen atoms in total. The standard InChI is InChI=1S/C11H12F2N4O2/c12-9(13)7-1-8(16-15-7)11(19)17-3-5-2-14-10(18)6(5)4-17/h1,5-6,9H,2-4H2,(H,14,18)(H,15,16)/t5-,6+/m0/s1. The average molecular weight is 270 g/mol. The van der Waals surface area contributed by atoms with Crippen LogP contribution in [0.5, 0.6) is 0 Å². The molecule has 2 aliphatic rings. The van der Waals surface area contributed by atoms with Crippen LogP contribution in [0.3, 0.4) is 0 Å². The number of likely N-dealkylation sites (tertiary alicyclic amines) is 1. The Morgan fingerprint density at radius 3 is 2.89 bits per heavy atom. The van der Waals surface area contributed by atoms with Crippen LogP contribution in [-0.4, -0.2) is 46.5 Å². The fraction of sp³-hybridized carbons (Fsp3) is 0.545. The van der Waals surface area contributed by atoms with E-state index in [1.54, 1.807) is 0 Å². The zero-order valence-corrected chi connectivity index (χ0v) is 9.90. The maximum Gasteiger partial charge on any atom is 0.279 e. The molecule has 2 saturated heterocycles. The predicted octanol–water partition coefficient (Wildman–Crippen LogP) is 0.165. The number of H-pyrrole nitrogens is 1. The lowest BCUT2D eigenvalue weighted by molar-refractivity contribution is -0.122. The number of fused-ring (bicyclic) bond motifs is 1. The van der Waals surface area contributed by atoms with Gasteiger partial charge in [-0.15, -0.1) is 0 Å². The van der Waals surface area contributed by atoms with Gasteiger partial charge in [0, 0.05) is 25.6 Å². The fourth-order valence-electron chi connectivity index (χ4n) is 2.62. The van der Waals surface area contributed by atoms with Gasteiger partial charge in [-0.3, -0.25) is 14.7 Å². The van der Waals surface area contributed by atoms with Crippen LogP contribution in [0.1, 0.15) is 22.6 Å². The summed E-state index contributed by atoms with van der Waals surface area (Å²) in [5.74, 6) is -0.525. The Labute approximate surface area is 107 Å². The van der Waals surface area contributed by atoms with Gasteiger partial charge in [-0.2, -0.15) is 5.10 Å². The fourth-order valence-corrected chi connectivity index (χ4v) is 2.62. The SMILES string of the molecule is O=C1NC[C@H]2CN(C(=O)c3cc(C(F)F)[nH]n3)C[C@@H]12. The minimum atomic E-state index is -2.68. The second kappa shape index (κ2) is 4.29. The molecule has 1 aromatic rings. The number of nitrogens with zero attached hydrogens (tertiary/aromatic N) is 2. The molecule has 2 atom stereocenters. The van der Waals surface area contributed by atoms with E-state index in [4.69, 9.17) is 0 Å². The van der Waals surface area contributed by atoms with Gasteiger partial charge in [0.1, 0.15) is 5.69 Å². The number of halogens is 2. The maximum atomic E-state index is 12.4. The summed E-state index contributed by atoms with van der Waals surface area (Å²) in [6, 6.07) is 1.06. The Balaban J connectivity index is 1.73. The second-order valence-electron chi connectivity index (χ2n) is 4.83. The molecule has 3 heterocycles. The topological polar surface area (TPSA) is 78.1 Å². The van der Waals surface area contributed by atoms with E-state index in [2.05, 4.69) is 15.5 Å². The van der Waals surface area contributed by atoms with Crippen molar-refractivity contribution in [2.75, 3.05) is 19.6 Å². The summed E-state index contributed by atoms with van der Waals surface area (Å²) in [7, 11) is 0. The molecule has 0 unspecified atom stereocenters. The minimum absolute atomic E-state index is 0.0318. The van der Waals surface area contributed by atoms with Gasteiger partial charge in [0.25, 0.3) is 12.3 Å². The number of carbonyl (C=O) groups is 2. The quantitative estimate of drug-likeness (QED) is 0.804. The highest BCUT2D eigenvalue weighted by molar-refractivity contribution is 5.93. The molecule has 8 heteroatoms. The van der Waals surface area contributed by atoms with E-state index in [0.717, 1.165) is 6.07 Å². The van der Waals surface area contributed by atoms with Crippen LogP contribution in [0, 0.1) is 11.8 Å². The molecule has 2 amide bonds. The van der Waals surface area contributed by atoms with E-state index in [0.29, 0.717) is 19.6 Å². The lowest BCUT2D eigenvalue weighted by atomic mass is 10.0. The normalized spacial score (nSPS) is 25.8. The summed E-state index contributed by atoms with van der Waals surface area (Å²) in [6.45, 7) is 1.35. The molecule has 0 spiro atoms. The number of hydrogen-bond donors (Lipinski definition) is 2. The number of alkyl halides is 2. The van der Waals surface area contributed by atoms with E-state index in [1.165, 1.54) is 4.90 Å². The van der Waals surface area contributed by atoms with Crippen molar-refractivity contribution in [3.63, 3.8) is 0 Å². The van der Waals surface area contributed by atoms with Crippen molar-refractivity contribution in [3.05, 3.63) is 17.5 Å². The summed E-state index contributed by atoms with van der Waals surface area (Å²) in [5.41, 5.74) is -0.406. The molecular weight excluding hydrogens is 258 g/mol. The third-order valence-electron chi connectivity index (χ3n) is 3.66. The van der Waals surface area contributed by atoms with E-state index in [1.807, 2.05) is 0 Å². The number of nitrogens with one attached hydrogen (secondary N) is 2. The van der Waals surface area contributed by atoms with Crippen molar-refractivity contribution >= 4 is 11.8 Å². The molecule has 2 N–H and O–H groups in total. The number of aromatic nitrogens is 2. The van der Waals surface area contributed by atoms with Crippen LogP contribution in [0.4, 0.5) is 8.78 Å². The van der Waals surface area contributed by atoms with Gasteiger partial charge in [-0.05, 0) is 6.07 Å². The first kappa shape index (κ1) is 12.1. The van der Waals surface area contributed by atoms with Gasteiger partial charge in [-0.25, -0.2) is 8.78 Å². The van der Waals surface area contributed by atoms with Crippen molar-refractivity contribution in [3.8, 4) is 0 Å². The Morgan fingerprint density at radius 1 is 1.47 bits per heavy atom. The van der Waals surface area contributed by atoms with Gasteiger partial charge in [-0.1, -0.05) is 0 Å². The molecule has 19 heavy (non-hydrogen) atoms. The van der Waals surface area contributed by atoms with Crippen molar-refractivity contribution < 1.29 is 18.4 Å². The zero-order valence-electron chi connectivity index (χ0n) is 9.90. The number of amides is 2. The number of rotatable bonds is 2. The summed E-state index contributed by atoms with van der Waals surface area (Å²) in [6.07, 6.45) is -2.68. The molecule has 3 rings (SSSR count). The van der Waals surface area contributed by atoms with Crippen LogP contribution >= 0.6 is 0 Å². The van der Waals surface area contributed by atoms with Crippen LogP contribution in [-0.2, 0) is 4.79 Å². The first-order valence-electron chi connectivity index (χ1n) is 5.96. The minimum Gasteiger partial charge on any atom is -0.355 e. The molecule has 0 aliphatic carbocycles. The number of aromatic amines is 1. The van der Waals surface area contributed by atoms with E-state index < -0.39 is 12.3 Å². The Kier molecular flexibility index (Phi) is 2.72. The van der Waals surface area contributed by atoms with Gasteiger partial charge >= 0.3 is 0 Å². The largest absolute Gasteiger partial charge is 0.355 e. The summed E-state index contributed by atoms with van der Waals surface area (Å²) in [5, 5.41) is 8.48. The Morgan fingerprint density at radius 2 is 2.26 bits per heavy atom. The molecule has 1 aromatic heterocycles. The Hall–Kier alpha value is -1.99. The van der Waals surface area contributed by atoms with Crippen molar-refractivity contribution in [2.45, 2.75) is 6.43 Å². The van der Waals surface area contributed by atoms with Crippen LogP contribution in [0.25, 0.3) is 0 Å². The highest BCUT2D eigenvalue weighted by atomic mass is 19.3. The maximum absolute atomic E-state index is 12.4. The van der Waals surface area contributed by atoms with Gasteiger partial charge in [0.2, 0.25) is 5.91 Å². The lowest BCUT2D eigenvalue weighted by Gasteiger charge is -2.15. The monoisotopic (exact) mass is 270 g/mol. The van der Waals surface area contributed by atoms with Gasteiger partial charge in [0.15, 0.2) is 5.69 Å². The molecule has 102 valence electrons. The summed E-state index contributed by atoms with van der Waals surface area (Å²) >= 11 is 0. The first-order chi connectivity index (χ1) is 9.06. The van der Waals surface area contributed by atoms with Crippen molar-refractivity contribution in [1.82, 2.24) is 20.4 Å². The third kappa shape index (κ3) is 1.96. The van der Waals surface area contributed by atoms with Crippen LogP contribution in [0.2, 0.25) is 0 Å². The molecule has 0 bridgehead atoms. The summed E-state index contributed by atoms with van der Waals surface area (Å²) < 4.78 is 24.8. The van der Waals surface area contributed by atoms with Crippen molar-refractivity contribution in [2.24, 2.45) is 11.8 Å². The van der Waals surface area contributed by atoms with Crippen molar-refractivity contribution in [1.29, 1.82) is 0 Å². The first-order valence-corrected chi connectivity index (χ1v) is 5.96. The average Bonchev–Trinajstić information content (AvgIpc) is 3.05. The van der Waals surface area contributed by atoms with Crippen LogP contribution in [0.15, 0.2) is 6.07 Å². The lowest BCUT2D eigenvalue weighted by Crippen LogP contribution is -2.33. The van der Waals surface area contributed by atoms with Gasteiger partial charge in [0.05, 0.1) is 5.92 Å². The van der Waals surface area contributed by atoms with Crippen LogP contribution < -0.4 is 5.32 Å². The molecule has 2 fully saturated rings. The molecular formula is C11H12F2N4O2. The highest BCUT2D eigenvalue weighted by Gasteiger charge is 2.44. The highest BCUT2D eigenvalue weighted by Crippen LogP contribution is 2.28. The third-order valence-corrected chi connectivity index (χ3v) is 3.66. The van der Waals surface area contributed by atoms with Gasteiger partial charge < -0.3 is 10.2 Å². The van der Waals surface area contributed by atoms with E-state index >= 15 is 0 Å². The summed E-state index contributed by atoms with van der Waals surface area (Å²) in [4.78, 5) is 25.1. The molecule has 0 radical (unpaired) electrons. The number of hydrogen-bond acceptors (Lipinski definition) is 3. The molecule has 0 aromatic carbocycles. The van der Waals surface area contributed by atoms with E-state index in [-0.39, 0.29) is 29.1 Å². The second-order valence-corrected chi connectivity index (χ2v) is 4.83. The smallest absolute Gasteiger partial charge is 0.279 e.